The van der Waals surface area contributed by atoms with Crippen molar-refractivity contribution in [1.82, 2.24) is 9.62 Å². The molecular formula is C20H21ClFN3O4S2. The maximum atomic E-state index is 14.6. The van der Waals surface area contributed by atoms with E-state index in [1.165, 1.54) is 33.3 Å². The van der Waals surface area contributed by atoms with Crippen molar-refractivity contribution in [3.05, 3.63) is 56.3 Å². The number of hydrogen-bond acceptors (Lipinski definition) is 5. The lowest BCUT2D eigenvalue weighted by molar-refractivity contribution is -0.118. The Hall–Kier alpha value is -2.27. The number of carbonyl (C=O) groups excluding carboxylic acids is 2. The van der Waals surface area contributed by atoms with Gasteiger partial charge in [0.25, 0.3) is 5.91 Å². The fraction of sp³-hybridized carbons (Fsp3) is 0.300. The molecule has 0 saturated carbocycles. The number of nitrogens with one attached hydrogen (secondary N) is 1. The molecule has 0 aliphatic carbocycles. The van der Waals surface area contributed by atoms with Gasteiger partial charge in [-0.15, -0.1) is 11.3 Å². The van der Waals surface area contributed by atoms with Crippen LogP contribution in [0.1, 0.15) is 28.6 Å². The van der Waals surface area contributed by atoms with Crippen LogP contribution >= 0.6 is 22.9 Å². The van der Waals surface area contributed by atoms with Crippen molar-refractivity contribution < 1.29 is 22.4 Å². The molecule has 0 bridgehead atoms. The minimum atomic E-state index is -3.92. The van der Waals surface area contributed by atoms with E-state index in [1.807, 2.05) is 0 Å². The Bertz CT molecular complexity index is 1160. The van der Waals surface area contributed by atoms with Gasteiger partial charge in [-0.25, -0.2) is 12.8 Å². The van der Waals surface area contributed by atoms with Gasteiger partial charge in [-0.1, -0.05) is 11.6 Å². The molecule has 2 heterocycles. The van der Waals surface area contributed by atoms with Crippen molar-refractivity contribution >= 4 is 56.0 Å². The van der Waals surface area contributed by atoms with Gasteiger partial charge >= 0.3 is 0 Å². The van der Waals surface area contributed by atoms with E-state index in [0.29, 0.717) is 14.8 Å². The quantitative estimate of drug-likeness (QED) is 0.680. The number of hydrogen-bond donors (Lipinski definition) is 1. The summed E-state index contributed by atoms with van der Waals surface area (Å²) in [5.74, 6) is -1.65. The third-order valence-electron chi connectivity index (χ3n) is 4.70. The number of rotatable bonds is 6. The standard InChI is InChI=1S/C20H21ClFN3O4S2/c1-12(17-6-7-18(21)30-17)11-31(28,29)23-15-8-9-25(20(15)27)16-5-4-13(10-14(16)22)19(26)24(2)3/h4-7,10-11,15,23H,8-9H2,1-3H3. The van der Waals surface area contributed by atoms with Gasteiger partial charge in [0.05, 0.1) is 15.4 Å². The predicted octanol–water partition coefficient (Wildman–Crippen LogP) is 3.33. The van der Waals surface area contributed by atoms with E-state index in [2.05, 4.69) is 4.72 Å². The molecule has 1 unspecified atom stereocenters. The maximum absolute atomic E-state index is 14.6. The summed E-state index contributed by atoms with van der Waals surface area (Å²) >= 11 is 7.13. The van der Waals surface area contributed by atoms with Crippen LogP contribution in [0, 0.1) is 5.82 Å². The topological polar surface area (TPSA) is 86.8 Å². The van der Waals surface area contributed by atoms with Gasteiger partial charge in [-0.2, -0.15) is 4.72 Å². The third kappa shape index (κ3) is 5.32. The summed E-state index contributed by atoms with van der Waals surface area (Å²) in [5.41, 5.74) is 0.644. The molecule has 2 amide bonds. The van der Waals surface area contributed by atoms with Crippen LogP contribution < -0.4 is 9.62 Å². The molecule has 1 atom stereocenters. The second-order valence-electron chi connectivity index (χ2n) is 7.26. The van der Waals surface area contributed by atoms with E-state index >= 15 is 0 Å². The highest BCUT2D eigenvalue weighted by atomic mass is 35.5. The van der Waals surface area contributed by atoms with E-state index in [4.69, 9.17) is 11.6 Å². The summed E-state index contributed by atoms with van der Waals surface area (Å²) in [6.07, 6.45) is 0.188. The molecule has 1 aliphatic rings. The Morgan fingerprint density at radius 2 is 2.03 bits per heavy atom. The number of sulfonamides is 1. The van der Waals surface area contributed by atoms with Crippen LogP contribution in [0.5, 0.6) is 0 Å². The Morgan fingerprint density at radius 1 is 1.32 bits per heavy atom. The molecule has 2 aromatic rings. The second kappa shape index (κ2) is 9.07. The Kier molecular flexibility index (Phi) is 6.85. The zero-order chi connectivity index (χ0) is 22.9. The molecule has 31 heavy (non-hydrogen) atoms. The SMILES string of the molecule is CC(=CS(=O)(=O)NC1CCN(c2ccc(C(=O)N(C)C)cc2F)C1=O)c1ccc(Cl)s1. The lowest BCUT2D eigenvalue weighted by atomic mass is 10.1. The molecule has 166 valence electrons. The van der Waals surface area contributed by atoms with Gasteiger partial charge in [-0.05, 0) is 49.2 Å². The van der Waals surface area contributed by atoms with Crippen LogP contribution in [0.4, 0.5) is 10.1 Å². The average molecular weight is 486 g/mol. The molecule has 0 spiro atoms. The lowest BCUT2D eigenvalue weighted by Gasteiger charge is -2.19. The molecule has 1 N–H and O–H groups in total. The van der Waals surface area contributed by atoms with Crippen LogP contribution in [-0.2, 0) is 14.8 Å². The summed E-state index contributed by atoms with van der Waals surface area (Å²) in [7, 11) is -0.812. The summed E-state index contributed by atoms with van der Waals surface area (Å²) in [4.78, 5) is 27.9. The Morgan fingerprint density at radius 3 is 2.61 bits per heavy atom. The number of carbonyl (C=O) groups is 2. The molecular weight excluding hydrogens is 465 g/mol. The van der Waals surface area contributed by atoms with Crippen molar-refractivity contribution in [2.45, 2.75) is 19.4 Å². The first-order chi connectivity index (χ1) is 14.5. The van der Waals surface area contributed by atoms with Crippen LogP contribution in [-0.4, -0.2) is 51.8 Å². The van der Waals surface area contributed by atoms with Crippen molar-refractivity contribution in [2.24, 2.45) is 0 Å². The highest BCUT2D eigenvalue weighted by Gasteiger charge is 2.36. The summed E-state index contributed by atoms with van der Waals surface area (Å²) < 4.78 is 42.5. The summed E-state index contributed by atoms with van der Waals surface area (Å²) in [6.45, 7) is 1.78. The van der Waals surface area contributed by atoms with Crippen LogP contribution in [0.25, 0.3) is 5.57 Å². The van der Waals surface area contributed by atoms with Crippen LogP contribution in [0.2, 0.25) is 4.34 Å². The van der Waals surface area contributed by atoms with Gasteiger partial charge in [0.1, 0.15) is 11.9 Å². The minimum absolute atomic E-state index is 0.00181. The fourth-order valence-electron chi connectivity index (χ4n) is 3.19. The molecule has 3 rings (SSSR count). The highest BCUT2D eigenvalue weighted by molar-refractivity contribution is 7.92. The third-order valence-corrected chi connectivity index (χ3v) is 7.34. The van der Waals surface area contributed by atoms with E-state index in [-0.39, 0.29) is 30.1 Å². The molecule has 11 heteroatoms. The normalized spacial score (nSPS) is 17.3. The van der Waals surface area contributed by atoms with Crippen molar-refractivity contribution in [1.29, 1.82) is 0 Å². The first-order valence-corrected chi connectivity index (χ1v) is 12.0. The first-order valence-electron chi connectivity index (χ1n) is 9.27. The number of benzene rings is 1. The van der Waals surface area contributed by atoms with Crippen molar-refractivity contribution in [2.75, 3.05) is 25.5 Å². The average Bonchev–Trinajstić information content (AvgIpc) is 3.27. The van der Waals surface area contributed by atoms with E-state index in [9.17, 15) is 22.4 Å². The first kappa shape index (κ1) is 23.4. The predicted molar refractivity (Wildman–Crippen MR) is 120 cm³/mol. The summed E-state index contributed by atoms with van der Waals surface area (Å²) in [6, 6.07) is 6.23. The number of allylic oxidation sites excluding steroid dienone is 1. The number of halogens is 2. The molecule has 1 aliphatic heterocycles. The zero-order valence-electron chi connectivity index (χ0n) is 17.1. The fourth-order valence-corrected chi connectivity index (χ4v) is 5.56. The Labute approximate surface area is 189 Å². The highest BCUT2D eigenvalue weighted by Crippen LogP contribution is 2.29. The molecule has 1 aromatic carbocycles. The zero-order valence-corrected chi connectivity index (χ0v) is 19.4. The lowest BCUT2D eigenvalue weighted by Crippen LogP contribution is -2.41. The van der Waals surface area contributed by atoms with E-state index in [1.54, 1.807) is 33.2 Å². The number of thiophene rings is 1. The molecule has 1 aromatic heterocycles. The van der Waals surface area contributed by atoms with Crippen molar-refractivity contribution in [3.8, 4) is 0 Å². The number of anilines is 1. The van der Waals surface area contributed by atoms with Gasteiger partial charge in [0.2, 0.25) is 15.9 Å². The molecule has 1 fully saturated rings. The molecule has 1 saturated heterocycles. The largest absolute Gasteiger partial charge is 0.345 e. The van der Waals surface area contributed by atoms with E-state index < -0.39 is 27.8 Å². The smallest absolute Gasteiger partial charge is 0.253 e. The van der Waals surface area contributed by atoms with Gasteiger partial charge in [-0.3, -0.25) is 9.59 Å². The van der Waals surface area contributed by atoms with Gasteiger partial charge in [0, 0.05) is 31.1 Å². The number of nitrogens with zero attached hydrogens (tertiary/aromatic N) is 2. The second-order valence-corrected chi connectivity index (χ2v) is 10.5. The van der Waals surface area contributed by atoms with E-state index in [0.717, 1.165) is 11.5 Å². The van der Waals surface area contributed by atoms with Gasteiger partial charge < -0.3 is 9.80 Å². The molecule has 7 nitrogen and oxygen atoms in total. The minimum Gasteiger partial charge on any atom is -0.345 e. The maximum Gasteiger partial charge on any atom is 0.253 e. The van der Waals surface area contributed by atoms with Crippen LogP contribution in [0.3, 0.4) is 0 Å². The molecule has 0 radical (unpaired) electrons. The number of amides is 2. The van der Waals surface area contributed by atoms with Crippen molar-refractivity contribution in [3.63, 3.8) is 0 Å². The van der Waals surface area contributed by atoms with Crippen LogP contribution in [0.15, 0.2) is 35.7 Å². The monoisotopic (exact) mass is 485 g/mol. The van der Waals surface area contributed by atoms with Gasteiger partial charge in [0.15, 0.2) is 0 Å². The summed E-state index contributed by atoms with van der Waals surface area (Å²) in [5, 5.41) is 1.05. The Balaban J connectivity index is 1.75.